The highest BCUT2D eigenvalue weighted by atomic mass is 17.2. The molecule has 0 saturated carbocycles. The van der Waals surface area contributed by atoms with Gasteiger partial charge in [0.15, 0.2) is 0 Å². The number of rotatable bonds is 9. The van der Waals surface area contributed by atoms with E-state index < -0.39 is 5.97 Å². The monoisotopic (exact) mass is 270 g/mol. The van der Waals surface area contributed by atoms with Crippen LogP contribution < -0.4 is 4.74 Å². The van der Waals surface area contributed by atoms with Gasteiger partial charge in [0.2, 0.25) is 0 Å². The first-order chi connectivity index (χ1) is 9.29. The summed E-state index contributed by atoms with van der Waals surface area (Å²) in [5, 5.41) is 17.2. The molecule has 6 nitrogen and oxygen atoms in total. The molecule has 0 aliphatic rings. The maximum absolute atomic E-state index is 11.7. The summed E-state index contributed by atoms with van der Waals surface area (Å²) >= 11 is 0. The molecule has 106 valence electrons. The first-order valence-electron chi connectivity index (χ1n) is 6.07. The summed E-state index contributed by atoms with van der Waals surface area (Å²) in [7, 11) is 0. The molecule has 0 radical (unpaired) electrons. The molecule has 0 bridgehead atoms. The van der Waals surface area contributed by atoms with Crippen molar-refractivity contribution in [2.45, 2.75) is 12.8 Å². The van der Waals surface area contributed by atoms with E-state index in [1.807, 2.05) is 0 Å². The van der Waals surface area contributed by atoms with Crippen molar-refractivity contribution in [2.75, 3.05) is 26.4 Å². The van der Waals surface area contributed by atoms with E-state index in [1.54, 1.807) is 24.3 Å². The van der Waals surface area contributed by atoms with Crippen LogP contribution in [0.4, 0.5) is 0 Å². The molecule has 0 atom stereocenters. The first-order valence-corrected chi connectivity index (χ1v) is 6.07. The lowest BCUT2D eigenvalue weighted by Gasteiger charge is -2.09. The SMILES string of the molecule is O=C(OOCCCO)c1ccccc1OCCCO. The van der Waals surface area contributed by atoms with Crippen molar-refractivity contribution in [1.29, 1.82) is 0 Å². The Morgan fingerprint density at radius 1 is 1.05 bits per heavy atom. The Kier molecular flexibility index (Phi) is 7.57. The van der Waals surface area contributed by atoms with E-state index in [0.29, 0.717) is 25.2 Å². The van der Waals surface area contributed by atoms with Gasteiger partial charge in [-0.05, 0) is 18.6 Å². The summed E-state index contributed by atoms with van der Waals surface area (Å²) in [4.78, 5) is 21.0. The molecule has 0 spiro atoms. The summed E-state index contributed by atoms with van der Waals surface area (Å²) in [6, 6.07) is 6.62. The maximum atomic E-state index is 11.7. The number of aliphatic hydroxyl groups excluding tert-OH is 2. The van der Waals surface area contributed by atoms with Crippen LogP contribution in [0.3, 0.4) is 0 Å². The quantitative estimate of drug-likeness (QED) is 0.394. The number of carbonyl (C=O) groups excluding carboxylic acids is 1. The minimum absolute atomic E-state index is 0.0247. The van der Waals surface area contributed by atoms with E-state index >= 15 is 0 Å². The number of carbonyl (C=O) groups is 1. The molecule has 0 unspecified atom stereocenters. The largest absolute Gasteiger partial charge is 0.493 e. The fourth-order valence-electron chi connectivity index (χ4n) is 1.27. The van der Waals surface area contributed by atoms with Crippen LogP contribution in [-0.4, -0.2) is 42.6 Å². The average Bonchev–Trinajstić information content (AvgIpc) is 2.44. The van der Waals surface area contributed by atoms with Gasteiger partial charge in [-0.25, -0.2) is 4.79 Å². The van der Waals surface area contributed by atoms with Crippen molar-refractivity contribution in [3.8, 4) is 5.75 Å². The molecule has 2 N–H and O–H groups in total. The van der Waals surface area contributed by atoms with Crippen molar-refractivity contribution in [1.82, 2.24) is 0 Å². The first kappa shape index (κ1) is 15.4. The number of benzene rings is 1. The Hall–Kier alpha value is -1.63. The van der Waals surface area contributed by atoms with Gasteiger partial charge in [-0.1, -0.05) is 12.1 Å². The molecule has 0 heterocycles. The molecular weight excluding hydrogens is 252 g/mol. The molecule has 0 saturated heterocycles. The molecule has 0 aliphatic heterocycles. The zero-order valence-electron chi connectivity index (χ0n) is 10.6. The van der Waals surface area contributed by atoms with Crippen molar-refractivity contribution >= 4 is 5.97 Å². The van der Waals surface area contributed by atoms with Crippen LogP contribution in [0, 0.1) is 0 Å². The summed E-state index contributed by atoms with van der Waals surface area (Å²) in [5.41, 5.74) is 0.254. The Labute approximate surface area is 111 Å². The number of ether oxygens (including phenoxy) is 1. The molecule has 0 amide bonds. The van der Waals surface area contributed by atoms with E-state index in [1.165, 1.54) is 0 Å². The lowest BCUT2D eigenvalue weighted by Crippen LogP contribution is -2.10. The lowest BCUT2D eigenvalue weighted by molar-refractivity contribution is -0.242. The van der Waals surface area contributed by atoms with Crippen LogP contribution in [-0.2, 0) is 9.78 Å². The zero-order chi connectivity index (χ0) is 13.9. The third-order valence-corrected chi connectivity index (χ3v) is 2.19. The number of hydrogen-bond donors (Lipinski definition) is 2. The third kappa shape index (κ3) is 5.69. The van der Waals surface area contributed by atoms with Gasteiger partial charge < -0.3 is 14.9 Å². The zero-order valence-corrected chi connectivity index (χ0v) is 10.6. The molecule has 1 rings (SSSR count). The van der Waals surface area contributed by atoms with Gasteiger partial charge in [0, 0.05) is 19.6 Å². The second-order valence-corrected chi connectivity index (χ2v) is 3.69. The van der Waals surface area contributed by atoms with Crippen molar-refractivity contribution < 1.29 is 29.5 Å². The van der Waals surface area contributed by atoms with Gasteiger partial charge in [-0.3, -0.25) is 4.89 Å². The van der Waals surface area contributed by atoms with E-state index in [0.717, 1.165) is 0 Å². The van der Waals surface area contributed by atoms with Gasteiger partial charge >= 0.3 is 5.97 Å². The second-order valence-electron chi connectivity index (χ2n) is 3.69. The lowest BCUT2D eigenvalue weighted by atomic mass is 10.2. The van der Waals surface area contributed by atoms with Crippen LogP contribution in [0.15, 0.2) is 24.3 Å². The molecule has 1 aromatic carbocycles. The van der Waals surface area contributed by atoms with E-state index in [9.17, 15) is 4.79 Å². The van der Waals surface area contributed by atoms with Crippen molar-refractivity contribution in [3.05, 3.63) is 29.8 Å². The summed E-state index contributed by atoms with van der Waals surface area (Å²) in [5.74, 6) is -0.274. The Morgan fingerprint density at radius 2 is 1.74 bits per heavy atom. The number of para-hydroxylation sites is 1. The third-order valence-electron chi connectivity index (χ3n) is 2.19. The van der Waals surface area contributed by atoms with Crippen LogP contribution in [0.5, 0.6) is 5.75 Å². The van der Waals surface area contributed by atoms with E-state index in [4.69, 9.17) is 14.9 Å². The van der Waals surface area contributed by atoms with Gasteiger partial charge in [-0.2, -0.15) is 4.89 Å². The van der Waals surface area contributed by atoms with E-state index in [2.05, 4.69) is 9.78 Å². The van der Waals surface area contributed by atoms with Gasteiger partial charge in [0.25, 0.3) is 0 Å². The minimum atomic E-state index is -0.655. The van der Waals surface area contributed by atoms with Gasteiger partial charge in [0.1, 0.15) is 11.3 Å². The summed E-state index contributed by atoms with van der Waals surface area (Å²) in [6.07, 6.45) is 0.873. The molecular formula is C13H18O6. The standard InChI is InChI=1S/C13H18O6/c14-7-3-9-17-12-6-2-1-5-11(12)13(16)19-18-10-4-8-15/h1-2,5-6,14-15H,3-4,7-10H2. The summed E-state index contributed by atoms with van der Waals surface area (Å²) in [6.45, 7) is 0.442. The molecule has 0 aromatic heterocycles. The summed E-state index contributed by atoms with van der Waals surface area (Å²) < 4.78 is 5.37. The van der Waals surface area contributed by atoms with Crippen LogP contribution in [0.2, 0.25) is 0 Å². The normalized spacial score (nSPS) is 10.2. The fourth-order valence-corrected chi connectivity index (χ4v) is 1.27. The van der Waals surface area contributed by atoms with Crippen LogP contribution in [0.1, 0.15) is 23.2 Å². The Morgan fingerprint density at radius 3 is 2.47 bits per heavy atom. The van der Waals surface area contributed by atoms with Crippen LogP contribution in [0.25, 0.3) is 0 Å². The minimum Gasteiger partial charge on any atom is -0.493 e. The molecule has 0 fully saturated rings. The van der Waals surface area contributed by atoms with E-state index in [-0.39, 0.29) is 25.4 Å². The highest BCUT2D eigenvalue weighted by Gasteiger charge is 2.14. The Bertz CT molecular complexity index is 379. The average molecular weight is 270 g/mol. The maximum Gasteiger partial charge on any atom is 0.376 e. The highest BCUT2D eigenvalue weighted by molar-refractivity contribution is 5.92. The van der Waals surface area contributed by atoms with Gasteiger partial charge in [-0.15, -0.1) is 0 Å². The van der Waals surface area contributed by atoms with Gasteiger partial charge in [0.05, 0.1) is 13.2 Å². The van der Waals surface area contributed by atoms with Crippen molar-refractivity contribution in [2.24, 2.45) is 0 Å². The number of aliphatic hydroxyl groups is 2. The Balaban J connectivity index is 2.52. The molecule has 1 aromatic rings. The smallest absolute Gasteiger partial charge is 0.376 e. The fraction of sp³-hybridized carbons (Fsp3) is 0.462. The molecule has 6 heteroatoms. The topological polar surface area (TPSA) is 85.2 Å². The van der Waals surface area contributed by atoms with Crippen LogP contribution >= 0.6 is 0 Å². The highest BCUT2D eigenvalue weighted by Crippen LogP contribution is 2.19. The number of hydrogen-bond acceptors (Lipinski definition) is 6. The predicted octanol–water partition coefficient (Wildman–Crippen LogP) is 0.919. The molecule has 0 aliphatic carbocycles. The predicted molar refractivity (Wildman–Crippen MR) is 66.7 cm³/mol. The van der Waals surface area contributed by atoms with Crippen molar-refractivity contribution in [3.63, 3.8) is 0 Å². The second kappa shape index (κ2) is 9.32. The molecule has 19 heavy (non-hydrogen) atoms.